The summed E-state index contributed by atoms with van der Waals surface area (Å²) in [6, 6.07) is 97.1. The van der Waals surface area contributed by atoms with Gasteiger partial charge in [-0.2, -0.15) is 0 Å². The molecular formula is C64H44N2. The molecule has 0 aliphatic rings. The number of nitrogens with zero attached hydrogens (tertiary/aromatic N) is 2. The average Bonchev–Trinajstić information content (AvgIpc) is 3.40. The van der Waals surface area contributed by atoms with E-state index in [1.54, 1.807) is 0 Å². The van der Waals surface area contributed by atoms with Crippen LogP contribution in [0.15, 0.2) is 267 Å². The summed E-state index contributed by atoms with van der Waals surface area (Å²) < 4.78 is 0. The summed E-state index contributed by atoms with van der Waals surface area (Å²) in [5, 5.41) is 7.30. The van der Waals surface area contributed by atoms with Crippen LogP contribution in [0, 0.1) is 0 Å². The SMILES string of the molecule is c1ccc(-c2ccc(-c3ccccc3)c(N(c3ccccc3)c3ccc4ccc5c(N(c6ccccc6)c6cc(-c7ccccc7)ccc6-c6ccccc6)ccc6ccc3c4c65)c2)cc1. The summed E-state index contributed by atoms with van der Waals surface area (Å²) in [5.74, 6) is 0. The Balaban J connectivity index is 1.12. The van der Waals surface area contributed by atoms with Crippen molar-refractivity contribution in [2.24, 2.45) is 0 Å². The molecule has 0 heterocycles. The maximum atomic E-state index is 2.47. The molecule has 0 aromatic heterocycles. The minimum Gasteiger partial charge on any atom is -0.309 e. The van der Waals surface area contributed by atoms with Crippen LogP contribution in [0.25, 0.3) is 76.8 Å². The van der Waals surface area contributed by atoms with Crippen molar-refractivity contribution in [3.8, 4) is 44.5 Å². The van der Waals surface area contributed by atoms with Gasteiger partial charge in [0.25, 0.3) is 0 Å². The lowest BCUT2D eigenvalue weighted by Gasteiger charge is -2.31. The molecule has 2 nitrogen and oxygen atoms in total. The highest BCUT2D eigenvalue weighted by Crippen LogP contribution is 2.51. The second kappa shape index (κ2) is 16.8. The minimum atomic E-state index is 1.10. The third-order valence-electron chi connectivity index (χ3n) is 13.0. The molecule has 0 bridgehead atoms. The molecule has 0 aliphatic carbocycles. The van der Waals surface area contributed by atoms with Gasteiger partial charge in [-0.25, -0.2) is 0 Å². The zero-order valence-corrected chi connectivity index (χ0v) is 36.3. The van der Waals surface area contributed by atoms with Crippen LogP contribution in [0.1, 0.15) is 0 Å². The van der Waals surface area contributed by atoms with Gasteiger partial charge in [0.05, 0.1) is 22.7 Å². The van der Waals surface area contributed by atoms with E-state index in [0.717, 1.165) is 45.3 Å². The van der Waals surface area contributed by atoms with Crippen LogP contribution in [-0.2, 0) is 0 Å². The molecular weight excluding hydrogens is 797 g/mol. The van der Waals surface area contributed by atoms with E-state index < -0.39 is 0 Å². The third kappa shape index (κ3) is 6.93. The molecule has 0 unspecified atom stereocenters. The van der Waals surface area contributed by atoms with E-state index in [-0.39, 0.29) is 0 Å². The lowest BCUT2D eigenvalue weighted by molar-refractivity contribution is 1.30. The second-order valence-corrected chi connectivity index (χ2v) is 16.9. The highest BCUT2D eigenvalue weighted by Gasteiger charge is 2.25. The Kier molecular flexibility index (Phi) is 9.89. The number of benzene rings is 12. The Bertz CT molecular complexity index is 3370. The van der Waals surface area contributed by atoms with Gasteiger partial charge >= 0.3 is 0 Å². The number of anilines is 6. The van der Waals surface area contributed by atoms with Gasteiger partial charge < -0.3 is 9.80 Å². The summed E-state index contributed by atoms with van der Waals surface area (Å²) >= 11 is 0. The average molecular weight is 841 g/mol. The number of hydrogen-bond acceptors (Lipinski definition) is 2. The Labute approximate surface area is 385 Å². The van der Waals surface area contributed by atoms with Crippen LogP contribution < -0.4 is 9.80 Å². The first kappa shape index (κ1) is 38.9. The molecule has 12 aromatic rings. The van der Waals surface area contributed by atoms with E-state index in [2.05, 4.69) is 277 Å². The molecule has 12 rings (SSSR count). The third-order valence-corrected chi connectivity index (χ3v) is 13.0. The monoisotopic (exact) mass is 840 g/mol. The van der Waals surface area contributed by atoms with Gasteiger partial charge in [0.2, 0.25) is 0 Å². The molecule has 66 heavy (non-hydrogen) atoms. The predicted octanol–water partition coefficient (Wildman–Crippen LogP) is 18.2. The van der Waals surface area contributed by atoms with Gasteiger partial charge in [0.1, 0.15) is 0 Å². The topological polar surface area (TPSA) is 6.48 Å². The Morgan fingerprint density at radius 2 is 0.530 bits per heavy atom. The zero-order valence-electron chi connectivity index (χ0n) is 36.3. The maximum Gasteiger partial charge on any atom is 0.0546 e. The molecule has 0 saturated heterocycles. The molecule has 310 valence electrons. The summed E-state index contributed by atoms with van der Waals surface area (Å²) in [6.07, 6.45) is 0. The second-order valence-electron chi connectivity index (χ2n) is 16.9. The van der Waals surface area contributed by atoms with E-state index in [1.165, 1.54) is 65.7 Å². The molecule has 0 N–H and O–H groups in total. The van der Waals surface area contributed by atoms with Crippen LogP contribution in [0.5, 0.6) is 0 Å². The minimum absolute atomic E-state index is 1.10. The summed E-state index contributed by atoms with van der Waals surface area (Å²) in [7, 11) is 0. The van der Waals surface area contributed by atoms with Crippen LogP contribution in [0.3, 0.4) is 0 Å². The fourth-order valence-corrected chi connectivity index (χ4v) is 9.91. The maximum absolute atomic E-state index is 2.47. The van der Waals surface area contributed by atoms with E-state index in [4.69, 9.17) is 0 Å². The summed E-state index contributed by atoms with van der Waals surface area (Å²) in [4.78, 5) is 4.94. The fourth-order valence-electron chi connectivity index (χ4n) is 9.91. The van der Waals surface area contributed by atoms with Crippen molar-refractivity contribution in [3.05, 3.63) is 267 Å². The highest BCUT2D eigenvalue weighted by molar-refractivity contribution is 6.28. The van der Waals surface area contributed by atoms with Gasteiger partial charge in [-0.15, -0.1) is 0 Å². The van der Waals surface area contributed by atoms with E-state index in [1.807, 2.05) is 0 Å². The predicted molar refractivity (Wildman–Crippen MR) is 281 cm³/mol. The molecule has 0 spiro atoms. The summed E-state index contributed by atoms with van der Waals surface area (Å²) in [5.41, 5.74) is 16.0. The molecule has 0 radical (unpaired) electrons. The first-order chi connectivity index (χ1) is 32.8. The van der Waals surface area contributed by atoms with Gasteiger partial charge in [0.15, 0.2) is 0 Å². The quantitative estimate of drug-likeness (QED) is 0.127. The van der Waals surface area contributed by atoms with Crippen molar-refractivity contribution in [1.82, 2.24) is 0 Å². The molecule has 0 saturated carbocycles. The molecule has 0 aliphatic heterocycles. The van der Waals surface area contributed by atoms with E-state index in [9.17, 15) is 0 Å². The van der Waals surface area contributed by atoms with Crippen molar-refractivity contribution in [2.75, 3.05) is 9.80 Å². The largest absolute Gasteiger partial charge is 0.309 e. The standard InChI is InChI=1S/C64H44N2/c1-7-19-45(20-8-1)51-33-37-55(47-23-11-3-12-24-47)61(43-51)65(53-27-15-5-16-28-53)59-41-35-49-32-40-58-60(42-36-50-31-39-57(59)63(49)64(50)58)66(54-29-17-6-18-30-54)62-44-52(46-21-9-2-10-22-46)34-38-56(62)48-25-13-4-14-26-48/h1-44H. The number of rotatable bonds is 10. The van der Waals surface area contributed by atoms with E-state index in [0.29, 0.717) is 0 Å². The molecule has 0 atom stereocenters. The lowest BCUT2D eigenvalue weighted by Crippen LogP contribution is -2.13. The molecule has 2 heteroatoms. The fraction of sp³-hybridized carbons (Fsp3) is 0. The van der Waals surface area contributed by atoms with Crippen molar-refractivity contribution in [2.45, 2.75) is 0 Å². The van der Waals surface area contributed by atoms with Crippen LogP contribution in [0.4, 0.5) is 34.1 Å². The van der Waals surface area contributed by atoms with Crippen molar-refractivity contribution < 1.29 is 0 Å². The summed E-state index contributed by atoms with van der Waals surface area (Å²) in [6.45, 7) is 0. The van der Waals surface area contributed by atoms with Crippen molar-refractivity contribution in [1.29, 1.82) is 0 Å². The first-order valence-electron chi connectivity index (χ1n) is 22.7. The zero-order chi connectivity index (χ0) is 43.8. The Hall–Kier alpha value is -8.72. The number of hydrogen-bond donors (Lipinski definition) is 0. The van der Waals surface area contributed by atoms with Crippen LogP contribution >= 0.6 is 0 Å². The smallest absolute Gasteiger partial charge is 0.0546 e. The Morgan fingerprint density at radius 1 is 0.212 bits per heavy atom. The number of para-hydroxylation sites is 2. The van der Waals surface area contributed by atoms with Gasteiger partial charge in [-0.3, -0.25) is 0 Å². The molecule has 0 amide bonds. The highest BCUT2D eigenvalue weighted by atomic mass is 15.2. The molecule has 0 fully saturated rings. The first-order valence-corrected chi connectivity index (χ1v) is 22.7. The Morgan fingerprint density at radius 3 is 0.894 bits per heavy atom. The van der Waals surface area contributed by atoms with Gasteiger partial charge in [-0.05, 0) is 103 Å². The van der Waals surface area contributed by atoms with Gasteiger partial charge in [-0.1, -0.05) is 218 Å². The molecule has 12 aromatic carbocycles. The van der Waals surface area contributed by atoms with Crippen LogP contribution in [-0.4, -0.2) is 0 Å². The van der Waals surface area contributed by atoms with Gasteiger partial charge in [0, 0.05) is 33.3 Å². The lowest BCUT2D eigenvalue weighted by atomic mass is 9.91. The van der Waals surface area contributed by atoms with E-state index >= 15 is 0 Å². The normalized spacial score (nSPS) is 11.3. The van der Waals surface area contributed by atoms with Crippen molar-refractivity contribution in [3.63, 3.8) is 0 Å². The van der Waals surface area contributed by atoms with Crippen LogP contribution in [0.2, 0.25) is 0 Å². The van der Waals surface area contributed by atoms with Crippen molar-refractivity contribution >= 4 is 66.4 Å².